The van der Waals surface area contributed by atoms with Gasteiger partial charge in [0.15, 0.2) is 0 Å². The lowest BCUT2D eigenvalue weighted by molar-refractivity contribution is -0.182. The number of carbonyl (C=O) groups excluding carboxylic acids is 2. The Bertz CT molecular complexity index is 587. The number of hydrogen-bond donors (Lipinski definition) is 0. The van der Waals surface area contributed by atoms with Crippen molar-refractivity contribution in [3.05, 3.63) is 12.2 Å². The van der Waals surface area contributed by atoms with E-state index in [1.54, 1.807) is 0 Å². The predicted octanol–water partition coefficient (Wildman–Crippen LogP) is 4.33. The largest absolute Gasteiger partial charge is 0.299 e. The van der Waals surface area contributed by atoms with Gasteiger partial charge in [-0.15, -0.1) is 0 Å². The predicted molar refractivity (Wildman–Crippen MR) is 86.3 cm³/mol. The van der Waals surface area contributed by atoms with Crippen LogP contribution in [0.3, 0.4) is 0 Å². The van der Waals surface area contributed by atoms with E-state index in [-0.39, 0.29) is 16.2 Å². The lowest BCUT2D eigenvalue weighted by atomic mass is 9.36. The van der Waals surface area contributed by atoms with Gasteiger partial charge in [-0.05, 0) is 55.3 Å². The fourth-order valence-electron chi connectivity index (χ4n) is 7.01. The van der Waals surface area contributed by atoms with Crippen LogP contribution in [-0.2, 0) is 9.59 Å². The highest BCUT2D eigenvalue weighted by Crippen LogP contribution is 2.70. The molecule has 5 saturated carbocycles. The summed E-state index contributed by atoms with van der Waals surface area (Å²) in [5.41, 5.74) is 1.13. The SMILES string of the molecule is C=C1C[C@]23CC[C@H]4C(C)(C)C(=O)CC[C@]4(C)[C@H]2C[C@H]1CC3=O. The van der Waals surface area contributed by atoms with E-state index < -0.39 is 0 Å². The Morgan fingerprint density at radius 2 is 1.77 bits per heavy atom. The average molecular weight is 300 g/mol. The third-order valence-corrected chi connectivity index (χ3v) is 8.25. The van der Waals surface area contributed by atoms with Gasteiger partial charge in [-0.3, -0.25) is 9.59 Å². The molecule has 0 heterocycles. The fourth-order valence-corrected chi connectivity index (χ4v) is 7.01. The lowest BCUT2D eigenvalue weighted by Gasteiger charge is -2.66. The molecule has 5 aliphatic rings. The second-order valence-corrected chi connectivity index (χ2v) is 9.35. The molecule has 1 spiro atoms. The Labute approximate surface area is 133 Å². The van der Waals surface area contributed by atoms with Crippen LogP contribution in [0.2, 0.25) is 0 Å². The summed E-state index contributed by atoms with van der Waals surface area (Å²) >= 11 is 0. The Morgan fingerprint density at radius 3 is 2.50 bits per heavy atom. The molecule has 0 amide bonds. The Hall–Kier alpha value is -0.920. The van der Waals surface area contributed by atoms with Gasteiger partial charge in [0.25, 0.3) is 0 Å². The molecule has 0 unspecified atom stereocenters. The minimum Gasteiger partial charge on any atom is -0.299 e. The Balaban J connectivity index is 1.80. The third-order valence-electron chi connectivity index (χ3n) is 8.25. The van der Waals surface area contributed by atoms with Crippen molar-refractivity contribution in [2.24, 2.45) is 34.0 Å². The maximum Gasteiger partial charge on any atom is 0.140 e. The highest BCUT2D eigenvalue weighted by atomic mass is 16.1. The van der Waals surface area contributed by atoms with Crippen LogP contribution in [0.15, 0.2) is 12.2 Å². The van der Waals surface area contributed by atoms with Crippen LogP contribution in [0.1, 0.15) is 65.7 Å². The lowest BCUT2D eigenvalue weighted by Crippen LogP contribution is -2.63. The number of allylic oxidation sites excluding steroid dienone is 1. The topological polar surface area (TPSA) is 34.1 Å². The van der Waals surface area contributed by atoms with Gasteiger partial charge in [-0.2, -0.15) is 0 Å². The van der Waals surface area contributed by atoms with Crippen LogP contribution in [0, 0.1) is 34.0 Å². The van der Waals surface area contributed by atoms with Crippen molar-refractivity contribution >= 4 is 11.6 Å². The zero-order valence-corrected chi connectivity index (χ0v) is 14.2. The van der Waals surface area contributed by atoms with Crippen LogP contribution in [-0.4, -0.2) is 11.6 Å². The molecule has 0 aliphatic heterocycles. The molecule has 2 nitrogen and oxygen atoms in total. The van der Waals surface area contributed by atoms with Crippen molar-refractivity contribution in [3.8, 4) is 0 Å². The highest BCUT2D eigenvalue weighted by molar-refractivity contribution is 5.89. The van der Waals surface area contributed by atoms with Gasteiger partial charge in [0, 0.05) is 23.7 Å². The summed E-state index contributed by atoms with van der Waals surface area (Å²) in [5, 5.41) is 0. The van der Waals surface area contributed by atoms with Crippen LogP contribution in [0.25, 0.3) is 0 Å². The molecule has 5 fully saturated rings. The Morgan fingerprint density at radius 1 is 1.05 bits per heavy atom. The summed E-state index contributed by atoms with van der Waals surface area (Å²) in [7, 11) is 0. The average Bonchev–Trinajstić information content (AvgIpc) is 2.44. The minimum absolute atomic E-state index is 0.131. The van der Waals surface area contributed by atoms with Crippen LogP contribution in [0.5, 0.6) is 0 Å². The van der Waals surface area contributed by atoms with Crippen molar-refractivity contribution in [1.82, 2.24) is 0 Å². The van der Waals surface area contributed by atoms with Crippen LogP contribution >= 0.6 is 0 Å². The molecule has 0 aromatic rings. The molecule has 0 radical (unpaired) electrons. The third kappa shape index (κ3) is 1.52. The van der Waals surface area contributed by atoms with E-state index in [1.807, 2.05) is 0 Å². The fraction of sp³-hybridized carbons (Fsp3) is 0.800. The van der Waals surface area contributed by atoms with Gasteiger partial charge < -0.3 is 0 Å². The zero-order valence-electron chi connectivity index (χ0n) is 14.2. The molecule has 0 saturated heterocycles. The summed E-state index contributed by atoms with van der Waals surface area (Å²) in [4.78, 5) is 25.4. The first-order valence-corrected chi connectivity index (χ1v) is 8.96. The van der Waals surface area contributed by atoms with Gasteiger partial charge in [0.2, 0.25) is 0 Å². The van der Waals surface area contributed by atoms with Crippen LogP contribution < -0.4 is 0 Å². The molecule has 120 valence electrons. The van der Waals surface area contributed by atoms with E-state index in [1.165, 1.54) is 5.57 Å². The summed E-state index contributed by atoms with van der Waals surface area (Å²) < 4.78 is 0. The smallest absolute Gasteiger partial charge is 0.140 e. The van der Waals surface area contributed by atoms with Crippen molar-refractivity contribution in [2.75, 3.05) is 0 Å². The minimum atomic E-state index is -0.217. The van der Waals surface area contributed by atoms with Gasteiger partial charge in [0.1, 0.15) is 11.6 Å². The number of ketones is 2. The van der Waals surface area contributed by atoms with E-state index in [0.29, 0.717) is 35.7 Å². The summed E-state index contributed by atoms with van der Waals surface area (Å²) in [5.74, 6) is 2.27. The first-order chi connectivity index (χ1) is 10.2. The second kappa shape index (κ2) is 4.13. The van der Waals surface area contributed by atoms with Gasteiger partial charge >= 0.3 is 0 Å². The van der Waals surface area contributed by atoms with E-state index in [4.69, 9.17) is 0 Å². The van der Waals surface area contributed by atoms with E-state index in [0.717, 1.165) is 38.5 Å². The van der Waals surface area contributed by atoms with Crippen molar-refractivity contribution in [3.63, 3.8) is 0 Å². The number of hydrogen-bond acceptors (Lipinski definition) is 2. The van der Waals surface area contributed by atoms with E-state index in [2.05, 4.69) is 27.4 Å². The van der Waals surface area contributed by atoms with Gasteiger partial charge in [-0.1, -0.05) is 32.9 Å². The molecule has 2 heteroatoms. The summed E-state index contributed by atoms with van der Waals surface area (Å²) in [6.07, 6.45) is 6.51. The quantitative estimate of drug-likeness (QED) is 0.624. The van der Waals surface area contributed by atoms with Gasteiger partial charge in [-0.25, -0.2) is 0 Å². The molecule has 5 aliphatic carbocycles. The number of carbonyl (C=O) groups is 2. The molecule has 5 atom stereocenters. The molecule has 2 bridgehead atoms. The van der Waals surface area contributed by atoms with Crippen molar-refractivity contribution in [2.45, 2.75) is 65.7 Å². The van der Waals surface area contributed by atoms with E-state index in [9.17, 15) is 9.59 Å². The maximum atomic E-state index is 12.9. The monoisotopic (exact) mass is 300 g/mol. The van der Waals surface area contributed by atoms with Crippen molar-refractivity contribution < 1.29 is 9.59 Å². The first kappa shape index (κ1) is 14.7. The van der Waals surface area contributed by atoms with Gasteiger partial charge in [0.05, 0.1) is 0 Å². The summed E-state index contributed by atoms with van der Waals surface area (Å²) in [6, 6.07) is 0. The molecule has 5 rings (SSSR count). The number of Topliss-reactive ketones (excluding diaryl/α,β-unsaturated/α-hetero) is 2. The molecule has 0 aromatic carbocycles. The first-order valence-electron chi connectivity index (χ1n) is 8.96. The molecule has 22 heavy (non-hydrogen) atoms. The maximum absolute atomic E-state index is 12.9. The Kier molecular flexibility index (Phi) is 2.75. The molecular formula is C20H28O2. The zero-order chi connectivity index (χ0) is 15.9. The normalized spacial score (nSPS) is 49.8. The standard InChI is InChI=1S/C20H28O2/c1-12-11-20-8-5-14-18(2,3)16(21)6-7-19(14,4)15(20)9-13(12)10-17(20)22/h13-15H,1,5-11H2,2-4H3/t13-,14-,15+,19-,20+/m0/s1. The second-order valence-electron chi connectivity index (χ2n) is 9.35. The number of fused-ring (bicyclic) bond motifs is 3. The van der Waals surface area contributed by atoms with E-state index >= 15 is 0 Å². The van der Waals surface area contributed by atoms with Crippen molar-refractivity contribution in [1.29, 1.82) is 0 Å². The summed E-state index contributed by atoms with van der Waals surface area (Å²) in [6.45, 7) is 11.0. The van der Waals surface area contributed by atoms with Crippen LogP contribution in [0.4, 0.5) is 0 Å². The molecular weight excluding hydrogens is 272 g/mol. The molecule has 0 aromatic heterocycles. The highest BCUT2D eigenvalue weighted by Gasteiger charge is 2.66. The molecule has 0 N–H and O–H groups in total. The number of rotatable bonds is 0.